The SMILES string of the molecule is OCC[C@H](Nc1ncnc2nc[nH]c12)c1nc2ccc(F)cc2n1-c1ccccn1. The van der Waals surface area contributed by atoms with Gasteiger partial charge in [-0.25, -0.2) is 29.3 Å². The molecule has 3 N–H and O–H groups in total. The normalized spacial score (nSPS) is 12.5. The first-order valence-electron chi connectivity index (χ1n) is 9.35. The highest BCUT2D eigenvalue weighted by atomic mass is 19.1. The van der Waals surface area contributed by atoms with Gasteiger partial charge in [-0.2, -0.15) is 0 Å². The van der Waals surface area contributed by atoms with Crippen molar-refractivity contribution >= 4 is 28.0 Å². The van der Waals surface area contributed by atoms with Gasteiger partial charge in [-0.05, 0) is 30.7 Å². The molecule has 9 nitrogen and oxygen atoms in total. The van der Waals surface area contributed by atoms with Crippen LogP contribution in [-0.2, 0) is 0 Å². The third-order valence-electron chi connectivity index (χ3n) is 4.78. The number of rotatable bonds is 6. The van der Waals surface area contributed by atoms with Gasteiger partial charge in [0.15, 0.2) is 11.5 Å². The number of anilines is 1. The lowest BCUT2D eigenvalue weighted by atomic mass is 10.2. The lowest BCUT2D eigenvalue weighted by Crippen LogP contribution is -2.19. The molecule has 0 fully saturated rings. The molecular weight excluding hydrogens is 387 g/mol. The van der Waals surface area contributed by atoms with Crippen LogP contribution in [0, 0.1) is 5.82 Å². The number of nitrogens with zero attached hydrogens (tertiary/aromatic N) is 6. The number of hydrogen-bond acceptors (Lipinski definition) is 7. The Bertz CT molecular complexity index is 1320. The fourth-order valence-electron chi connectivity index (χ4n) is 3.46. The molecule has 5 rings (SSSR count). The van der Waals surface area contributed by atoms with Crippen LogP contribution >= 0.6 is 0 Å². The minimum absolute atomic E-state index is 0.0886. The molecule has 150 valence electrons. The van der Waals surface area contributed by atoms with Gasteiger partial charge in [0, 0.05) is 18.9 Å². The Balaban J connectivity index is 1.68. The lowest BCUT2D eigenvalue weighted by Gasteiger charge is -2.19. The first kappa shape index (κ1) is 18.1. The van der Waals surface area contributed by atoms with Crippen LogP contribution in [0.3, 0.4) is 0 Å². The molecule has 0 saturated heterocycles. The number of aromatic amines is 1. The summed E-state index contributed by atoms with van der Waals surface area (Å²) in [6.45, 7) is -0.0886. The van der Waals surface area contributed by atoms with Gasteiger partial charge in [0.1, 0.15) is 29.3 Å². The van der Waals surface area contributed by atoms with Crippen molar-refractivity contribution in [2.75, 3.05) is 11.9 Å². The molecule has 4 aromatic heterocycles. The predicted molar refractivity (Wildman–Crippen MR) is 109 cm³/mol. The van der Waals surface area contributed by atoms with E-state index in [1.807, 2.05) is 18.2 Å². The van der Waals surface area contributed by atoms with Gasteiger partial charge in [-0.15, -0.1) is 0 Å². The molecule has 0 saturated carbocycles. The molecule has 10 heteroatoms. The van der Waals surface area contributed by atoms with Crippen LogP contribution in [0.2, 0.25) is 0 Å². The zero-order chi connectivity index (χ0) is 20.5. The molecule has 0 amide bonds. The summed E-state index contributed by atoms with van der Waals surface area (Å²) < 4.78 is 15.8. The maximum absolute atomic E-state index is 14.0. The first-order valence-corrected chi connectivity index (χ1v) is 9.35. The van der Waals surface area contributed by atoms with Gasteiger partial charge in [-0.1, -0.05) is 6.07 Å². The number of aliphatic hydroxyl groups is 1. The molecule has 1 atom stereocenters. The second kappa shape index (κ2) is 7.48. The molecule has 0 bridgehead atoms. The summed E-state index contributed by atoms with van der Waals surface area (Å²) in [5, 5.41) is 13.0. The summed E-state index contributed by atoms with van der Waals surface area (Å²) >= 11 is 0. The minimum atomic E-state index is -0.436. The average molecular weight is 404 g/mol. The van der Waals surface area contributed by atoms with Crippen molar-refractivity contribution in [2.45, 2.75) is 12.5 Å². The van der Waals surface area contributed by atoms with E-state index in [1.165, 1.54) is 24.8 Å². The molecule has 0 spiro atoms. The molecule has 0 unspecified atom stereocenters. The maximum atomic E-state index is 14.0. The van der Waals surface area contributed by atoms with Gasteiger partial charge in [0.05, 0.1) is 23.4 Å². The number of halogens is 1. The van der Waals surface area contributed by atoms with Crippen LogP contribution in [-0.4, -0.2) is 46.2 Å². The smallest absolute Gasteiger partial charge is 0.182 e. The van der Waals surface area contributed by atoms with Crippen molar-refractivity contribution in [3.8, 4) is 5.82 Å². The molecule has 5 aromatic rings. The van der Waals surface area contributed by atoms with Gasteiger partial charge < -0.3 is 15.4 Å². The van der Waals surface area contributed by atoms with Crippen LogP contribution in [0.1, 0.15) is 18.3 Å². The minimum Gasteiger partial charge on any atom is -0.396 e. The maximum Gasteiger partial charge on any atom is 0.182 e. The first-order chi connectivity index (χ1) is 14.7. The summed E-state index contributed by atoms with van der Waals surface area (Å²) in [5.74, 6) is 1.34. The number of pyridine rings is 1. The molecule has 0 aliphatic heterocycles. The van der Waals surface area contributed by atoms with E-state index < -0.39 is 6.04 Å². The van der Waals surface area contributed by atoms with Crippen LogP contribution < -0.4 is 5.32 Å². The molecule has 4 heterocycles. The number of imidazole rings is 2. The van der Waals surface area contributed by atoms with Crippen molar-refractivity contribution < 1.29 is 9.50 Å². The Kier molecular flexibility index (Phi) is 4.52. The Morgan fingerprint density at radius 3 is 2.90 bits per heavy atom. The van der Waals surface area contributed by atoms with E-state index >= 15 is 0 Å². The second-order valence-electron chi connectivity index (χ2n) is 6.66. The largest absolute Gasteiger partial charge is 0.396 e. The van der Waals surface area contributed by atoms with E-state index in [0.717, 1.165) is 0 Å². The van der Waals surface area contributed by atoms with Gasteiger partial charge >= 0.3 is 0 Å². The second-order valence-corrected chi connectivity index (χ2v) is 6.66. The number of aromatic nitrogens is 7. The summed E-state index contributed by atoms with van der Waals surface area (Å²) in [7, 11) is 0. The Morgan fingerprint density at radius 1 is 1.13 bits per heavy atom. The Morgan fingerprint density at radius 2 is 2.07 bits per heavy atom. The predicted octanol–water partition coefficient (Wildman–Crippen LogP) is 2.76. The van der Waals surface area contributed by atoms with Crippen LogP contribution in [0.15, 0.2) is 55.2 Å². The van der Waals surface area contributed by atoms with E-state index in [4.69, 9.17) is 4.98 Å². The highest BCUT2D eigenvalue weighted by Gasteiger charge is 2.23. The van der Waals surface area contributed by atoms with Crippen molar-refractivity contribution in [2.24, 2.45) is 0 Å². The summed E-state index contributed by atoms with van der Waals surface area (Å²) in [6, 6.07) is 9.47. The highest BCUT2D eigenvalue weighted by molar-refractivity contribution is 5.82. The zero-order valence-corrected chi connectivity index (χ0v) is 15.7. The standard InChI is InChI=1S/C20H17FN8O/c21-12-4-5-13-15(9-12)29(16-3-1-2-7-22-16)20(28-13)14(6-8-30)27-19-17-18(24-10-23-17)25-11-26-19/h1-5,7,9-11,14,30H,6,8H2,(H2,23,24,25,26,27)/t14-/m0/s1. The van der Waals surface area contributed by atoms with E-state index in [0.29, 0.717) is 46.1 Å². The average Bonchev–Trinajstić information content (AvgIpc) is 3.39. The van der Waals surface area contributed by atoms with E-state index in [1.54, 1.807) is 16.8 Å². The zero-order valence-electron chi connectivity index (χ0n) is 15.7. The van der Waals surface area contributed by atoms with E-state index in [-0.39, 0.29) is 12.4 Å². The van der Waals surface area contributed by atoms with Crippen LogP contribution in [0.25, 0.3) is 28.0 Å². The van der Waals surface area contributed by atoms with E-state index in [9.17, 15) is 9.50 Å². The third kappa shape index (κ3) is 3.12. The van der Waals surface area contributed by atoms with E-state index in [2.05, 4.69) is 30.2 Å². The number of nitrogens with one attached hydrogen (secondary N) is 2. The van der Waals surface area contributed by atoms with Gasteiger partial charge in [-0.3, -0.25) is 4.57 Å². The van der Waals surface area contributed by atoms with Gasteiger partial charge in [0.2, 0.25) is 0 Å². The number of hydrogen-bond donors (Lipinski definition) is 3. The molecule has 0 aliphatic carbocycles. The van der Waals surface area contributed by atoms with Crippen molar-refractivity contribution in [3.63, 3.8) is 0 Å². The molecular formula is C20H17FN8O. The quantitative estimate of drug-likeness (QED) is 0.398. The monoisotopic (exact) mass is 404 g/mol. The van der Waals surface area contributed by atoms with Crippen LogP contribution in [0.5, 0.6) is 0 Å². The number of aliphatic hydroxyl groups excluding tert-OH is 1. The lowest BCUT2D eigenvalue weighted by molar-refractivity contribution is 0.278. The van der Waals surface area contributed by atoms with Crippen molar-refractivity contribution in [1.82, 2.24) is 34.5 Å². The molecule has 0 aliphatic rings. The number of benzene rings is 1. The van der Waals surface area contributed by atoms with Crippen LogP contribution in [0.4, 0.5) is 10.2 Å². The fourth-order valence-corrected chi connectivity index (χ4v) is 3.46. The topological polar surface area (TPSA) is 117 Å². The molecule has 1 aromatic carbocycles. The molecule has 30 heavy (non-hydrogen) atoms. The number of H-pyrrole nitrogens is 1. The number of fused-ring (bicyclic) bond motifs is 2. The Labute approximate surface area is 169 Å². The summed E-state index contributed by atoms with van der Waals surface area (Å²) in [6.07, 6.45) is 4.96. The van der Waals surface area contributed by atoms with Gasteiger partial charge in [0.25, 0.3) is 0 Å². The third-order valence-corrected chi connectivity index (χ3v) is 4.78. The Hall–Kier alpha value is -3.92. The van der Waals surface area contributed by atoms with Crippen molar-refractivity contribution in [1.29, 1.82) is 0 Å². The van der Waals surface area contributed by atoms with Crippen molar-refractivity contribution in [3.05, 3.63) is 66.9 Å². The summed E-state index contributed by atoms with van der Waals surface area (Å²) in [5.41, 5.74) is 2.38. The highest BCUT2D eigenvalue weighted by Crippen LogP contribution is 2.29. The fraction of sp³-hybridized carbons (Fsp3) is 0.150. The molecule has 0 radical (unpaired) electrons. The summed E-state index contributed by atoms with van der Waals surface area (Å²) in [4.78, 5) is 24.7.